The lowest BCUT2D eigenvalue weighted by atomic mass is 10.3. The van der Waals surface area contributed by atoms with Crippen molar-refractivity contribution in [1.29, 1.82) is 0 Å². The average molecular weight is 308 g/mol. The lowest BCUT2D eigenvalue weighted by molar-refractivity contribution is -0.389. The Morgan fingerprint density at radius 1 is 1.50 bits per heavy atom. The Morgan fingerprint density at radius 2 is 2.30 bits per heavy atom. The van der Waals surface area contributed by atoms with Gasteiger partial charge in [-0.15, -0.1) is 11.3 Å². The summed E-state index contributed by atoms with van der Waals surface area (Å²) in [5, 5.41) is 16.0. The zero-order valence-electron chi connectivity index (χ0n) is 10.9. The summed E-state index contributed by atoms with van der Waals surface area (Å²) in [6.45, 7) is 4.67. The molecule has 3 aromatic rings. The average Bonchev–Trinajstić information content (AvgIpc) is 3.01. The van der Waals surface area contributed by atoms with Crippen molar-refractivity contribution in [2.45, 2.75) is 20.4 Å². The van der Waals surface area contributed by atoms with Crippen LogP contribution in [-0.4, -0.2) is 14.3 Å². The number of nitrogens with zero attached hydrogens (tertiary/aromatic N) is 3. The monoisotopic (exact) mass is 308 g/mol. The van der Waals surface area contributed by atoms with Crippen molar-refractivity contribution in [3.63, 3.8) is 0 Å². The van der Waals surface area contributed by atoms with Crippen LogP contribution in [0.4, 0.5) is 11.6 Å². The van der Waals surface area contributed by atoms with Gasteiger partial charge >= 0.3 is 5.82 Å². The van der Waals surface area contributed by atoms with Crippen LogP contribution in [0.5, 0.6) is 0 Å². The molecular formula is C12H12N4O2S2. The first kappa shape index (κ1) is 13.1. The second kappa shape index (κ2) is 4.88. The summed E-state index contributed by atoms with van der Waals surface area (Å²) in [5.74, 6) is 0.316. The lowest BCUT2D eigenvalue weighted by Gasteiger charge is -2.01. The molecule has 0 aliphatic carbocycles. The van der Waals surface area contributed by atoms with E-state index in [0.717, 1.165) is 4.88 Å². The van der Waals surface area contributed by atoms with Crippen LogP contribution < -0.4 is 5.32 Å². The summed E-state index contributed by atoms with van der Waals surface area (Å²) >= 11 is 3.07. The molecule has 0 fully saturated rings. The highest BCUT2D eigenvalue weighted by Crippen LogP contribution is 2.29. The van der Waals surface area contributed by atoms with E-state index >= 15 is 0 Å². The number of hydrogen-bond donors (Lipinski definition) is 1. The number of aromatic nitrogens is 2. The van der Waals surface area contributed by atoms with Gasteiger partial charge in [0.1, 0.15) is 6.20 Å². The van der Waals surface area contributed by atoms with Gasteiger partial charge in [-0.05, 0) is 30.4 Å². The molecule has 0 amide bonds. The van der Waals surface area contributed by atoms with Crippen LogP contribution in [0.2, 0.25) is 0 Å². The molecule has 104 valence electrons. The first-order chi connectivity index (χ1) is 9.56. The van der Waals surface area contributed by atoms with Crippen LogP contribution in [0.1, 0.15) is 15.3 Å². The van der Waals surface area contributed by atoms with Crippen molar-refractivity contribution in [3.8, 4) is 0 Å². The Hall–Kier alpha value is -1.93. The molecule has 0 unspecified atom stereocenters. The number of imidazole rings is 1. The van der Waals surface area contributed by atoms with Gasteiger partial charge in [0.25, 0.3) is 4.96 Å². The largest absolute Gasteiger partial charge is 0.372 e. The molecule has 0 aromatic carbocycles. The molecule has 0 radical (unpaired) electrons. The molecule has 0 aliphatic heterocycles. The van der Waals surface area contributed by atoms with Gasteiger partial charge in [0.2, 0.25) is 5.82 Å². The van der Waals surface area contributed by atoms with Gasteiger partial charge in [-0.1, -0.05) is 11.3 Å². The van der Waals surface area contributed by atoms with Gasteiger partial charge in [0.15, 0.2) is 0 Å². The smallest absolute Gasteiger partial charge is 0.358 e. The van der Waals surface area contributed by atoms with Gasteiger partial charge in [0.05, 0.1) is 6.54 Å². The first-order valence-electron chi connectivity index (χ1n) is 5.96. The standard InChI is InChI=1S/C12H12N4O2S2/c1-7-5-9(20-8(7)2)6-13-10-11(16(17)18)15-3-4-19-12(15)14-10/h3-5,13H,6H2,1-2H3. The van der Waals surface area contributed by atoms with Crippen LogP contribution in [-0.2, 0) is 6.54 Å². The van der Waals surface area contributed by atoms with E-state index in [1.54, 1.807) is 22.9 Å². The van der Waals surface area contributed by atoms with Gasteiger partial charge in [0, 0.05) is 15.1 Å². The lowest BCUT2D eigenvalue weighted by Crippen LogP contribution is -2.02. The van der Waals surface area contributed by atoms with Crippen LogP contribution >= 0.6 is 22.7 Å². The third-order valence-electron chi connectivity index (χ3n) is 3.06. The maximum atomic E-state index is 11.2. The third-order valence-corrected chi connectivity index (χ3v) is 4.97. The molecule has 0 saturated heterocycles. The SMILES string of the molecule is Cc1cc(CNc2nc3sccn3c2[N+](=O)[O-])sc1C. The van der Waals surface area contributed by atoms with Crippen molar-refractivity contribution in [2.75, 3.05) is 5.32 Å². The first-order valence-corrected chi connectivity index (χ1v) is 7.65. The van der Waals surface area contributed by atoms with Gasteiger partial charge in [-0.2, -0.15) is 9.38 Å². The number of nitro groups is 1. The summed E-state index contributed by atoms with van der Waals surface area (Å²) in [6, 6.07) is 2.09. The van der Waals surface area contributed by atoms with Gasteiger partial charge in [-0.3, -0.25) is 0 Å². The van der Waals surface area contributed by atoms with E-state index in [4.69, 9.17) is 0 Å². The second-order valence-corrected chi connectivity index (χ2v) is 6.62. The molecule has 3 rings (SSSR count). The van der Waals surface area contributed by atoms with E-state index in [-0.39, 0.29) is 5.82 Å². The van der Waals surface area contributed by atoms with Crippen LogP contribution in [0, 0.1) is 24.0 Å². The fourth-order valence-electron chi connectivity index (χ4n) is 1.97. The Bertz CT molecular complexity index is 767. The molecular weight excluding hydrogens is 296 g/mol. The number of thiazole rings is 1. The van der Waals surface area contributed by atoms with E-state index in [0.29, 0.717) is 17.3 Å². The molecule has 0 bridgehead atoms. The van der Waals surface area contributed by atoms with Gasteiger partial charge in [-0.25, -0.2) is 0 Å². The Balaban J connectivity index is 1.88. The Labute approximate surface area is 122 Å². The minimum atomic E-state index is -0.403. The highest BCUT2D eigenvalue weighted by atomic mass is 32.1. The fraction of sp³-hybridized carbons (Fsp3) is 0.250. The Morgan fingerprint density at radius 3 is 2.95 bits per heavy atom. The normalized spacial score (nSPS) is 11.1. The number of thiophene rings is 1. The Kier molecular flexibility index (Phi) is 3.19. The fourth-order valence-corrected chi connectivity index (χ4v) is 3.68. The molecule has 8 heteroatoms. The molecule has 1 N–H and O–H groups in total. The quantitative estimate of drug-likeness (QED) is 0.590. The van der Waals surface area contributed by atoms with Crippen molar-refractivity contribution >= 4 is 39.3 Å². The maximum Gasteiger partial charge on any atom is 0.372 e. The topological polar surface area (TPSA) is 72.5 Å². The third kappa shape index (κ3) is 2.16. The summed E-state index contributed by atoms with van der Waals surface area (Å²) in [5.41, 5.74) is 1.24. The molecule has 0 atom stereocenters. The van der Waals surface area contributed by atoms with E-state index in [1.165, 1.54) is 26.2 Å². The highest BCUT2D eigenvalue weighted by Gasteiger charge is 2.23. The summed E-state index contributed by atoms with van der Waals surface area (Å²) < 4.78 is 1.50. The zero-order chi connectivity index (χ0) is 14.3. The van der Waals surface area contributed by atoms with Crippen molar-refractivity contribution < 1.29 is 4.92 Å². The number of nitrogens with one attached hydrogen (secondary N) is 1. The number of anilines is 1. The highest BCUT2D eigenvalue weighted by molar-refractivity contribution is 7.15. The molecule has 3 heterocycles. The number of rotatable bonds is 4. The molecule has 0 aliphatic rings. The van der Waals surface area contributed by atoms with Crippen LogP contribution in [0.25, 0.3) is 4.96 Å². The number of hydrogen-bond acceptors (Lipinski definition) is 6. The minimum Gasteiger partial charge on any atom is -0.358 e. The van der Waals surface area contributed by atoms with Crippen molar-refractivity contribution in [2.24, 2.45) is 0 Å². The predicted molar refractivity (Wildman–Crippen MR) is 80.8 cm³/mol. The van der Waals surface area contributed by atoms with E-state index in [9.17, 15) is 10.1 Å². The summed E-state index contributed by atoms with van der Waals surface area (Å²) in [6.07, 6.45) is 1.66. The summed E-state index contributed by atoms with van der Waals surface area (Å²) in [4.78, 5) is 18.1. The van der Waals surface area contributed by atoms with E-state index < -0.39 is 4.92 Å². The predicted octanol–water partition coefficient (Wildman–Crippen LogP) is 3.59. The van der Waals surface area contributed by atoms with Crippen LogP contribution in [0.15, 0.2) is 17.6 Å². The summed E-state index contributed by atoms with van der Waals surface area (Å²) in [7, 11) is 0. The number of aryl methyl sites for hydroxylation is 2. The maximum absolute atomic E-state index is 11.2. The van der Waals surface area contributed by atoms with Crippen molar-refractivity contribution in [1.82, 2.24) is 9.38 Å². The molecule has 3 aromatic heterocycles. The van der Waals surface area contributed by atoms with Crippen molar-refractivity contribution in [3.05, 3.63) is 43.1 Å². The molecule has 6 nitrogen and oxygen atoms in total. The number of fused-ring (bicyclic) bond motifs is 1. The van der Waals surface area contributed by atoms with E-state index in [1.807, 2.05) is 0 Å². The van der Waals surface area contributed by atoms with Crippen LogP contribution in [0.3, 0.4) is 0 Å². The molecule has 20 heavy (non-hydrogen) atoms. The zero-order valence-corrected chi connectivity index (χ0v) is 12.5. The second-order valence-electron chi connectivity index (χ2n) is 4.40. The van der Waals surface area contributed by atoms with Gasteiger partial charge < -0.3 is 15.4 Å². The molecule has 0 spiro atoms. The minimum absolute atomic E-state index is 0.00810. The molecule has 0 saturated carbocycles. The van der Waals surface area contributed by atoms with E-state index in [2.05, 4.69) is 30.2 Å².